The van der Waals surface area contributed by atoms with Crippen molar-refractivity contribution in [3.8, 4) is 0 Å². The van der Waals surface area contributed by atoms with E-state index in [-0.39, 0.29) is 13.2 Å². The van der Waals surface area contributed by atoms with E-state index in [1.807, 2.05) is 141 Å². The van der Waals surface area contributed by atoms with Gasteiger partial charge in [0, 0.05) is 11.5 Å². The average molecular weight is 968 g/mol. The van der Waals surface area contributed by atoms with Crippen molar-refractivity contribution in [2.24, 2.45) is 0 Å². The van der Waals surface area contributed by atoms with Crippen LogP contribution in [0, 0.1) is 0 Å². The zero-order valence-corrected chi connectivity index (χ0v) is 40.4. The van der Waals surface area contributed by atoms with Gasteiger partial charge < -0.3 is 9.47 Å². The van der Waals surface area contributed by atoms with E-state index in [4.69, 9.17) is 9.47 Å². The molecule has 1 aromatic carbocycles. The molecule has 0 saturated carbocycles. The fraction of sp³-hybridized carbons (Fsp3) is 0.333. The zero-order chi connectivity index (χ0) is 35.6. The van der Waals surface area contributed by atoms with Crippen molar-refractivity contribution in [3.63, 3.8) is 0 Å². The Morgan fingerprint density at radius 2 is 0.760 bits per heavy atom. The van der Waals surface area contributed by atoms with Crippen LogP contribution < -0.4 is 0 Å². The second kappa shape index (κ2) is 22.2. The fourth-order valence-electron chi connectivity index (χ4n) is 3.83. The van der Waals surface area contributed by atoms with Gasteiger partial charge >= 0.3 is 11.9 Å². The van der Waals surface area contributed by atoms with E-state index in [9.17, 15) is 9.59 Å². The lowest BCUT2D eigenvalue weighted by atomic mass is 10.1. The molecule has 0 aliphatic carbocycles. The van der Waals surface area contributed by atoms with Gasteiger partial charge in [-0.15, -0.1) is 94.1 Å². The highest BCUT2D eigenvalue weighted by molar-refractivity contribution is 8.46. The number of carbonyl (C=O) groups is 2. The van der Waals surface area contributed by atoms with Crippen LogP contribution >= 0.6 is 188 Å². The van der Waals surface area contributed by atoms with E-state index >= 15 is 0 Å². The first kappa shape index (κ1) is 43.3. The van der Waals surface area contributed by atoms with Crippen molar-refractivity contribution in [1.29, 1.82) is 0 Å². The molecule has 0 spiro atoms. The summed E-state index contributed by atoms with van der Waals surface area (Å²) in [6.45, 7) is 0.563. The quantitative estimate of drug-likeness (QED) is 0.117. The molecule has 0 amide bonds. The molecule has 5 rings (SSSR count). The van der Waals surface area contributed by atoms with E-state index in [1.165, 1.54) is 50.8 Å². The Balaban J connectivity index is 1.04. The Bertz CT molecular complexity index is 1520. The highest BCUT2D eigenvalue weighted by atomic mass is 32.3. The molecular formula is C30H30O4S16. The van der Waals surface area contributed by atoms with Gasteiger partial charge in [0.2, 0.25) is 0 Å². The fourth-order valence-corrected chi connectivity index (χ4v) is 25.1. The van der Waals surface area contributed by atoms with Crippen LogP contribution in [0.4, 0.5) is 0 Å². The number of hydrogen-bond donors (Lipinski definition) is 0. The van der Waals surface area contributed by atoms with Crippen LogP contribution in [0.5, 0.6) is 0 Å². The van der Waals surface area contributed by atoms with Gasteiger partial charge in [-0.05, 0) is 55.7 Å². The minimum absolute atomic E-state index is 0.282. The standard InChI is InChI=1S/C30H30O4S16/c1-35-19-20(36-2)44-27(43-19)29-47-23(39-5)25(49-29)41-12-10-33-17(31)15-8-7-9-16(14-15)18(32)34-11-13-42-26-24(40-6)48-30(50-26)28-45-21(37-3)22(38-4)46-28/h7-9,14H,10-13H2,1-6H3. The zero-order valence-electron chi connectivity index (χ0n) is 27.3. The number of benzene rings is 1. The minimum atomic E-state index is -0.439. The molecule has 4 aliphatic rings. The van der Waals surface area contributed by atoms with Crippen LogP contribution in [0.25, 0.3) is 0 Å². The van der Waals surface area contributed by atoms with Crippen molar-refractivity contribution in [1.82, 2.24) is 0 Å². The first-order valence-electron chi connectivity index (χ1n) is 14.1. The van der Waals surface area contributed by atoms with Crippen molar-refractivity contribution in [2.75, 3.05) is 62.3 Å². The van der Waals surface area contributed by atoms with Crippen molar-refractivity contribution in [2.45, 2.75) is 0 Å². The molecular weight excluding hydrogens is 937 g/mol. The maximum Gasteiger partial charge on any atom is 0.338 e. The number of rotatable bonds is 16. The summed E-state index contributed by atoms with van der Waals surface area (Å²) in [6, 6.07) is 6.60. The molecule has 50 heavy (non-hydrogen) atoms. The highest BCUT2D eigenvalue weighted by Crippen LogP contribution is 2.67. The van der Waals surface area contributed by atoms with E-state index in [2.05, 4.69) is 37.5 Å². The van der Waals surface area contributed by atoms with Gasteiger partial charge in [0.05, 0.1) is 62.0 Å². The number of hydrogen-bond acceptors (Lipinski definition) is 20. The van der Waals surface area contributed by atoms with E-state index < -0.39 is 11.9 Å². The Morgan fingerprint density at radius 3 is 1.06 bits per heavy atom. The van der Waals surface area contributed by atoms with Crippen molar-refractivity contribution >= 4 is 200 Å². The van der Waals surface area contributed by atoms with Gasteiger partial charge in [-0.25, -0.2) is 9.59 Å². The molecule has 20 heteroatoms. The summed E-state index contributed by atoms with van der Waals surface area (Å²) in [5, 5.41) is 0. The largest absolute Gasteiger partial charge is 0.461 e. The highest BCUT2D eigenvalue weighted by Gasteiger charge is 2.31. The molecule has 0 aromatic heterocycles. The molecule has 4 nitrogen and oxygen atoms in total. The summed E-state index contributed by atoms with van der Waals surface area (Å²) in [6.07, 6.45) is 12.8. The number of ether oxygens (including phenoxy) is 2. The van der Waals surface area contributed by atoms with Crippen LogP contribution in [-0.2, 0) is 9.47 Å². The Labute approximate surface area is 363 Å². The van der Waals surface area contributed by atoms with Crippen molar-refractivity contribution < 1.29 is 19.1 Å². The summed E-state index contributed by atoms with van der Waals surface area (Å²) in [5.74, 6) is 0.430. The third-order valence-corrected chi connectivity index (χ3v) is 28.2. The van der Waals surface area contributed by atoms with Crippen LogP contribution in [0.3, 0.4) is 0 Å². The summed E-state index contributed by atoms with van der Waals surface area (Å²) in [7, 11) is 0. The average Bonchev–Trinajstić information content (AvgIpc) is 3.95. The van der Waals surface area contributed by atoms with Gasteiger partial charge in [0.1, 0.15) is 13.2 Å². The van der Waals surface area contributed by atoms with Crippen LogP contribution in [0.1, 0.15) is 20.7 Å². The number of esters is 2. The first-order valence-corrected chi connectivity index (χ1v) is 30.0. The summed E-state index contributed by atoms with van der Waals surface area (Å²) in [4.78, 5) is 25.8. The molecule has 4 aliphatic heterocycles. The molecule has 0 fully saturated rings. The van der Waals surface area contributed by atoms with Crippen molar-refractivity contribution in [3.05, 3.63) is 86.2 Å². The summed E-state index contributed by atoms with van der Waals surface area (Å²) >= 11 is 29.0. The smallest absolute Gasteiger partial charge is 0.338 e. The first-order chi connectivity index (χ1) is 24.3. The summed E-state index contributed by atoms with van der Waals surface area (Å²) in [5.41, 5.74) is 0.692. The van der Waals surface area contributed by atoms with E-state index in [0.717, 1.165) is 0 Å². The maximum atomic E-state index is 12.9. The molecule has 4 heterocycles. The lowest BCUT2D eigenvalue weighted by Gasteiger charge is -2.08. The third kappa shape index (κ3) is 11.6. The molecule has 1 aromatic rings. The second-order valence-corrected chi connectivity index (χ2v) is 27.4. The molecule has 0 saturated heterocycles. The van der Waals surface area contributed by atoms with E-state index in [1.54, 1.807) is 71.3 Å². The van der Waals surface area contributed by atoms with E-state index in [0.29, 0.717) is 22.6 Å². The molecule has 0 radical (unpaired) electrons. The SMILES string of the molecule is CSC1=C(SC)SC(=C2SC(SC)=C(SCCOC(=O)c3cccc(C(=O)OCCSC4=C(SC)SC(=C5SC(SC)=C(SC)S5)S4)c3)S2)S1. The third-order valence-electron chi connectivity index (χ3n) is 6.03. The molecule has 0 N–H and O–H groups in total. The lowest BCUT2D eigenvalue weighted by Crippen LogP contribution is -2.11. The minimum Gasteiger partial charge on any atom is -0.461 e. The summed E-state index contributed by atoms with van der Waals surface area (Å²) < 4.78 is 27.2. The van der Waals surface area contributed by atoms with Gasteiger partial charge in [0.15, 0.2) is 0 Å². The molecule has 270 valence electrons. The van der Waals surface area contributed by atoms with Gasteiger partial charge in [-0.1, -0.05) is 100 Å². The lowest BCUT2D eigenvalue weighted by molar-refractivity contribution is 0.0529. The monoisotopic (exact) mass is 966 g/mol. The predicted molar refractivity (Wildman–Crippen MR) is 256 cm³/mol. The predicted octanol–water partition coefficient (Wildman–Crippen LogP) is 14.3. The molecule has 0 unspecified atom stereocenters. The van der Waals surface area contributed by atoms with Gasteiger partial charge in [-0.3, -0.25) is 0 Å². The second-order valence-electron chi connectivity index (χ2n) is 9.04. The Kier molecular flexibility index (Phi) is 19.3. The number of thioether (sulfide) groups is 16. The Morgan fingerprint density at radius 1 is 0.480 bits per heavy atom. The normalized spacial score (nSPS) is 18.2. The molecule has 0 bridgehead atoms. The molecule has 0 atom stereocenters. The van der Waals surface area contributed by atoms with Crippen LogP contribution in [-0.4, -0.2) is 74.2 Å². The van der Waals surface area contributed by atoms with Gasteiger partial charge in [0.25, 0.3) is 0 Å². The maximum absolute atomic E-state index is 12.9. The Hall–Kier alpha value is 2.20. The topological polar surface area (TPSA) is 52.6 Å². The number of carbonyl (C=O) groups excluding carboxylic acids is 2. The van der Waals surface area contributed by atoms with Crippen LogP contribution in [0.15, 0.2) is 75.1 Å². The van der Waals surface area contributed by atoms with Gasteiger partial charge in [-0.2, -0.15) is 0 Å². The van der Waals surface area contributed by atoms with Crippen LogP contribution in [0.2, 0.25) is 0 Å².